The Hall–Kier alpha value is 0.200. The first-order valence-electron chi connectivity index (χ1n) is 8.05. The van der Waals surface area contributed by atoms with Crippen LogP contribution in [0.5, 0.6) is 0 Å². The molecule has 0 radical (unpaired) electrons. The van der Waals surface area contributed by atoms with E-state index >= 15 is 0 Å². The maximum atomic E-state index is 3.56. The van der Waals surface area contributed by atoms with Crippen LogP contribution in [-0.2, 0) is 0 Å². The Kier molecular flexibility index (Phi) is 9.34. The molecule has 0 amide bonds. The predicted molar refractivity (Wildman–Crippen MR) is 102 cm³/mol. The Labute approximate surface area is 155 Å². The van der Waals surface area contributed by atoms with Crippen molar-refractivity contribution >= 4 is 40.7 Å². The molecule has 126 valence electrons. The number of benzene rings is 1. The molecular weight excluding hydrogens is 383 g/mol. The lowest BCUT2D eigenvalue weighted by Gasteiger charge is -2.41. The van der Waals surface area contributed by atoms with Crippen molar-refractivity contribution < 1.29 is 0 Å². The molecule has 1 saturated carbocycles. The molecule has 1 N–H and O–H groups in total. The summed E-state index contributed by atoms with van der Waals surface area (Å²) >= 11 is 3.56. The second kappa shape index (κ2) is 10.1. The maximum absolute atomic E-state index is 3.56. The maximum Gasteiger partial charge on any atom is 0.0377 e. The van der Waals surface area contributed by atoms with Crippen LogP contribution in [0.3, 0.4) is 0 Å². The first-order valence-corrected chi connectivity index (χ1v) is 8.84. The van der Waals surface area contributed by atoms with E-state index < -0.39 is 0 Å². The topological polar surface area (TPSA) is 15.3 Å². The summed E-state index contributed by atoms with van der Waals surface area (Å²) in [6.07, 6.45) is 7.09. The molecule has 22 heavy (non-hydrogen) atoms. The SMILES string of the molecule is Brc1ccc([C@H](C2CCCCC2)N2CCNCC2)cc1.Cl.Cl. The summed E-state index contributed by atoms with van der Waals surface area (Å²) in [5, 5.41) is 3.48. The fourth-order valence-electron chi connectivity index (χ4n) is 3.85. The van der Waals surface area contributed by atoms with Gasteiger partial charge in [0, 0.05) is 36.7 Å². The van der Waals surface area contributed by atoms with E-state index in [4.69, 9.17) is 0 Å². The molecule has 2 nitrogen and oxygen atoms in total. The molecule has 3 rings (SSSR count). The second-order valence-electron chi connectivity index (χ2n) is 6.18. The Morgan fingerprint density at radius 2 is 1.55 bits per heavy atom. The quantitative estimate of drug-likeness (QED) is 0.769. The smallest absolute Gasteiger partial charge is 0.0377 e. The highest BCUT2D eigenvalue weighted by Crippen LogP contribution is 2.38. The number of rotatable bonds is 3. The molecule has 5 heteroatoms. The van der Waals surface area contributed by atoms with Gasteiger partial charge in [0.05, 0.1) is 0 Å². The highest BCUT2D eigenvalue weighted by molar-refractivity contribution is 9.10. The van der Waals surface area contributed by atoms with E-state index in [-0.39, 0.29) is 24.8 Å². The molecule has 1 aromatic carbocycles. The summed E-state index contributed by atoms with van der Waals surface area (Å²) in [4.78, 5) is 2.72. The van der Waals surface area contributed by atoms with Gasteiger partial charge >= 0.3 is 0 Å². The van der Waals surface area contributed by atoms with Gasteiger partial charge in [-0.2, -0.15) is 0 Å². The molecule has 1 aliphatic carbocycles. The molecule has 0 spiro atoms. The van der Waals surface area contributed by atoms with Crippen LogP contribution in [0.1, 0.15) is 43.7 Å². The zero-order valence-electron chi connectivity index (χ0n) is 13.0. The molecule has 1 aromatic rings. The molecule has 0 bridgehead atoms. The third-order valence-electron chi connectivity index (χ3n) is 4.85. The number of nitrogens with one attached hydrogen (secondary N) is 1. The van der Waals surface area contributed by atoms with Gasteiger partial charge < -0.3 is 5.32 Å². The van der Waals surface area contributed by atoms with Gasteiger partial charge in [0.25, 0.3) is 0 Å². The molecule has 1 saturated heterocycles. The van der Waals surface area contributed by atoms with Gasteiger partial charge in [-0.15, -0.1) is 24.8 Å². The lowest BCUT2D eigenvalue weighted by atomic mass is 9.80. The van der Waals surface area contributed by atoms with Crippen molar-refractivity contribution in [2.45, 2.75) is 38.1 Å². The lowest BCUT2D eigenvalue weighted by Crippen LogP contribution is -2.47. The van der Waals surface area contributed by atoms with Crippen LogP contribution in [0, 0.1) is 5.92 Å². The van der Waals surface area contributed by atoms with Crippen molar-refractivity contribution in [2.75, 3.05) is 26.2 Å². The van der Waals surface area contributed by atoms with Gasteiger partial charge in [0.1, 0.15) is 0 Å². The van der Waals surface area contributed by atoms with E-state index in [2.05, 4.69) is 50.4 Å². The van der Waals surface area contributed by atoms with Crippen LogP contribution >= 0.6 is 40.7 Å². The normalized spacial score (nSPS) is 21.5. The van der Waals surface area contributed by atoms with E-state index in [0.29, 0.717) is 6.04 Å². The zero-order chi connectivity index (χ0) is 13.8. The van der Waals surface area contributed by atoms with Crippen LogP contribution in [0.15, 0.2) is 28.7 Å². The van der Waals surface area contributed by atoms with Crippen molar-refractivity contribution in [1.82, 2.24) is 10.2 Å². The van der Waals surface area contributed by atoms with Crippen LogP contribution in [0.2, 0.25) is 0 Å². The highest BCUT2D eigenvalue weighted by atomic mass is 79.9. The van der Waals surface area contributed by atoms with Gasteiger partial charge in [-0.05, 0) is 36.5 Å². The molecule has 1 atom stereocenters. The number of piperazine rings is 1. The van der Waals surface area contributed by atoms with Crippen molar-refractivity contribution in [3.63, 3.8) is 0 Å². The summed E-state index contributed by atoms with van der Waals surface area (Å²) in [7, 11) is 0. The lowest BCUT2D eigenvalue weighted by molar-refractivity contribution is 0.103. The Bertz CT molecular complexity index is 397. The number of hydrogen-bond acceptors (Lipinski definition) is 2. The highest BCUT2D eigenvalue weighted by Gasteiger charge is 2.30. The third-order valence-corrected chi connectivity index (χ3v) is 5.38. The van der Waals surface area contributed by atoms with E-state index in [0.717, 1.165) is 19.0 Å². The minimum atomic E-state index is 0. The van der Waals surface area contributed by atoms with Crippen LogP contribution in [-0.4, -0.2) is 31.1 Å². The number of nitrogens with zero attached hydrogens (tertiary/aromatic N) is 1. The Morgan fingerprint density at radius 3 is 2.14 bits per heavy atom. The molecular formula is C17H27BrCl2N2. The van der Waals surface area contributed by atoms with Crippen molar-refractivity contribution in [2.24, 2.45) is 5.92 Å². The molecule has 2 aliphatic rings. The van der Waals surface area contributed by atoms with E-state index in [1.54, 1.807) is 0 Å². The summed E-state index contributed by atoms with van der Waals surface area (Å²) in [5.41, 5.74) is 1.52. The minimum absolute atomic E-state index is 0. The monoisotopic (exact) mass is 408 g/mol. The fraction of sp³-hybridized carbons (Fsp3) is 0.647. The largest absolute Gasteiger partial charge is 0.314 e. The Morgan fingerprint density at radius 1 is 0.955 bits per heavy atom. The van der Waals surface area contributed by atoms with Crippen molar-refractivity contribution in [3.8, 4) is 0 Å². The van der Waals surface area contributed by atoms with Gasteiger partial charge in [-0.25, -0.2) is 0 Å². The number of halogens is 3. The predicted octanol–water partition coefficient (Wildman–Crippen LogP) is 4.82. The van der Waals surface area contributed by atoms with E-state index in [1.807, 2.05) is 0 Å². The first-order chi connectivity index (χ1) is 9.84. The van der Waals surface area contributed by atoms with Crippen LogP contribution in [0.4, 0.5) is 0 Å². The first kappa shape index (κ1) is 20.2. The summed E-state index contributed by atoms with van der Waals surface area (Å²) in [5.74, 6) is 0.850. The third kappa shape index (κ3) is 5.10. The summed E-state index contributed by atoms with van der Waals surface area (Å²) < 4.78 is 1.18. The molecule has 0 unspecified atom stereocenters. The van der Waals surface area contributed by atoms with Gasteiger partial charge in [-0.3, -0.25) is 4.90 Å². The van der Waals surface area contributed by atoms with Gasteiger partial charge in [-0.1, -0.05) is 47.3 Å². The van der Waals surface area contributed by atoms with Crippen LogP contribution in [0.25, 0.3) is 0 Å². The molecule has 1 heterocycles. The second-order valence-corrected chi connectivity index (χ2v) is 7.10. The molecule has 1 aliphatic heterocycles. The van der Waals surface area contributed by atoms with E-state index in [9.17, 15) is 0 Å². The average molecular weight is 410 g/mol. The average Bonchev–Trinajstić information content (AvgIpc) is 2.52. The van der Waals surface area contributed by atoms with Gasteiger partial charge in [0.15, 0.2) is 0 Å². The van der Waals surface area contributed by atoms with Crippen molar-refractivity contribution in [3.05, 3.63) is 34.3 Å². The van der Waals surface area contributed by atoms with Crippen LogP contribution < -0.4 is 5.32 Å². The van der Waals surface area contributed by atoms with Gasteiger partial charge in [0.2, 0.25) is 0 Å². The number of hydrogen-bond donors (Lipinski definition) is 1. The Balaban J connectivity index is 0.00000121. The molecule has 0 aromatic heterocycles. The summed E-state index contributed by atoms with van der Waals surface area (Å²) in [6, 6.07) is 9.68. The van der Waals surface area contributed by atoms with E-state index in [1.165, 1.54) is 55.2 Å². The standard InChI is InChI=1S/C17H25BrN2.2ClH/c18-16-8-6-15(7-9-16)17(14-4-2-1-3-5-14)20-12-10-19-11-13-20;;/h6-9,14,17,19H,1-5,10-13H2;2*1H/t17-;;/m0../s1. The van der Waals surface area contributed by atoms with Crippen molar-refractivity contribution in [1.29, 1.82) is 0 Å². The zero-order valence-corrected chi connectivity index (χ0v) is 16.2. The molecule has 2 fully saturated rings. The fourth-order valence-corrected chi connectivity index (χ4v) is 4.12. The minimum Gasteiger partial charge on any atom is -0.314 e. The summed E-state index contributed by atoms with van der Waals surface area (Å²) in [6.45, 7) is 4.66.